The van der Waals surface area contributed by atoms with Gasteiger partial charge in [-0.05, 0) is 57.7 Å². The van der Waals surface area contributed by atoms with E-state index in [9.17, 15) is 10.2 Å². The fourth-order valence-electron chi connectivity index (χ4n) is 14.6. The molecule has 10 atom stereocenters. The van der Waals surface area contributed by atoms with E-state index >= 15 is 0 Å². The van der Waals surface area contributed by atoms with Crippen molar-refractivity contribution >= 4 is 11.4 Å². The van der Waals surface area contributed by atoms with Gasteiger partial charge in [-0.2, -0.15) is 0 Å². The van der Waals surface area contributed by atoms with Crippen LogP contribution in [0.25, 0.3) is 0 Å². The molecule has 0 radical (unpaired) electrons. The van der Waals surface area contributed by atoms with E-state index in [1.165, 1.54) is 33.6 Å². The lowest BCUT2D eigenvalue weighted by atomic mass is 9.56. The SMILES string of the molecule is C=CC[N@@+]12CC[C@]34c5ccccc5N5C=C6C7N(C=C(C53)[C@@H](C[C@@H]41)/C(=C/CO)C2)c1ccccc1[C@@]71CC[N@@+]2(CC=C)C/C(=C\CO)[C@@H]6C[C@@H]12. The molecule has 7 aliphatic heterocycles. The van der Waals surface area contributed by atoms with Gasteiger partial charge in [0.25, 0.3) is 0 Å². The minimum atomic E-state index is 0.0183. The third kappa shape index (κ3) is 3.24. The van der Waals surface area contributed by atoms with E-state index in [2.05, 4.69) is 108 Å². The maximum atomic E-state index is 10.5. The van der Waals surface area contributed by atoms with Crippen LogP contribution in [0.5, 0.6) is 0 Å². The molecule has 2 aromatic rings. The van der Waals surface area contributed by atoms with E-state index in [1.54, 1.807) is 11.1 Å². The third-order valence-corrected chi connectivity index (χ3v) is 15.9. The van der Waals surface area contributed by atoms with Crippen molar-refractivity contribution in [2.24, 2.45) is 11.8 Å². The highest BCUT2D eigenvalue weighted by Gasteiger charge is 2.75. The highest BCUT2D eigenvalue weighted by Crippen LogP contribution is 2.69. The number of nitrogens with zero attached hydrogens (tertiary/aromatic N) is 4. The molecule has 9 aliphatic rings. The summed E-state index contributed by atoms with van der Waals surface area (Å²) in [6.07, 6.45) is 18.6. The molecule has 2 saturated carbocycles. The van der Waals surface area contributed by atoms with Crippen LogP contribution < -0.4 is 9.80 Å². The summed E-state index contributed by atoms with van der Waals surface area (Å²) in [6, 6.07) is 20.3. The minimum Gasteiger partial charge on any atom is -0.392 e. The van der Waals surface area contributed by atoms with Crippen LogP contribution in [-0.4, -0.2) is 95.8 Å². The number of fused-ring (bicyclic) bond motifs is 8. The summed E-state index contributed by atoms with van der Waals surface area (Å²) in [4.78, 5) is 5.54. The van der Waals surface area contributed by atoms with Crippen LogP contribution in [0.2, 0.25) is 0 Å². The first-order valence-corrected chi connectivity index (χ1v) is 19.2. The summed E-state index contributed by atoms with van der Waals surface area (Å²) < 4.78 is 2.12. The Balaban J connectivity index is 1.22. The van der Waals surface area contributed by atoms with Crippen LogP contribution in [0.3, 0.4) is 0 Å². The second-order valence-electron chi connectivity index (χ2n) is 17.2. The molecule has 6 fully saturated rings. The van der Waals surface area contributed by atoms with Gasteiger partial charge in [0.2, 0.25) is 0 Å². The topological polar surface area (TPSA) is 46.9 Å². The Labute approximate surface area is 296 Å². The Bertz CT molecular complexity index is 1850. The monoisotopic (exact) mass is 666 g/mol. The van der Waals surface area contributed by atoms with Gasteiger partial charge < -0.3 is 29.0 Å². The summed E-state index contributed by atoms with van der Waals surface area (Å²) in [5, 5.41) is 20.9. The zero-order valence-electron chi connectivity index (χ0n) is 29.1. The van der Waals surface area contributed by atoms with Crippen molar-refractivity contribution < 1.29 is 19.2 Å². The lowest BCUT2D eigenvalue weighted by Crippen LogP contribution is -2.69. The molecule has 0 aromatic heterocycles. The van der Waals surface area contributed by atoms with Gasteiger partial charge in [-0.25, -0.2) is 0 Å². The number of rotatable bonds is 6. The van der Waals surface area contributed by atoms with Crippen LogP contribution in [-0.2, 0) is 10.8 Å². The van der Waals surface area contributed by atoms with Gasteiger partial charge in [0, 0.05) is 61.3 Å². The van der Waals surface area contributed by atoms with Crippen LogP contribution >= 0.6 is 0 Å². The summed E-state index contributed by atoms with van der Waals surface area (Å²) >= 11 is 0. The normalized spacial score (nSPS) is 43.4. The number of hydrogen-bond donors (Lipinski definition) is 2. The molecule has 2 N–H and O–H groups in total. The number of aliphatic hydroxyl groups is 2. The molecular formula is C44H50N4O2+2. The number of hydrogen-bond acceptors (Lipinski definition) is 4. The van der Waals surface area contributed by atoms with Crippen molar-refractivity contribution in [1.29, 1.82) is 0 Å². The molecule has 4 bridgehead atoms. The Hall–Kier alpha value is -3.68. The van der Waals surface area contributed by atoms with E-state index in [0.717, 1.165) is 73.9 Å². The number of quaternary nitrogens is 2. The average Bonchev–Trinajstić information content (AvgIpc) is 3.81. The molecule has 11 rings (SSSR count). The maximum absolute atomic E-state index is 10.5. The standard InChI is InChI=1S/C44H50N4O2/c1-3-17-47-19-15-43-35-9-5-7-11-37(35)45-26-34-32-24-40-44(16-20-48(40,18-4-2)28-30(32)14-22-50)36-10-6-8-12-38(36)46(42(34)44)25-33(41(43)45)31(23-39(43)47)29(27-47)13-21-49/h3-14,25-26,31-32,39-42,49-50H,1-2,15-24,27-28H2/q+2/b29-13+,30-14+,33-25?,34-26?/t31-,32-,39-,40-,41?,42?,43+,44+,47-,48-/m0/s1. The largest absolute Gasteiger partial charge is 0.392 e. The fraction of sp³-hybridized carbons (Fsp3) is 0.455. The van der Waals surface area contributed by atoms with E-state index in [-0.39, 0.29) is 36.1 Å². The number of aliphatic hydroxyl groups excluding tert-OH is 2. The van der Waals surface area contributed by atoms with Crippen molar-refractivity contribution in [3.8, 4) is 0 Å². The highest BCUT2D eigenvalue weighted by atomic mass is 16.3. The summed E-state index contributed by atoms with van der Waals surface area (Å²) in [5.41, 5.74) is 11.8. The molecule has 6 nitrogen and oxygen atoms in total. The Morgan fingerprint density at radius 1 is 0.680 bits per heavy atom. The Kier molecular flexibility index (Phi) is 6.00. The number of anilines is 2. The van der Waals surface area contributed by atoms with E-state index in [4.69, 9.17) is 0 Å². The van der Waals surface area contributed by atoms with Crippen molar-refractivity contribution in [3.63, 3.8) is 0 Å². The van der Waals surface area contributed by atoms with Crippen molar-refractivity contribution in [2.45, 2.75) is 60.7 Å². The van der Waals surface area contributed by atoms with E-state index in [1.807, 2.05) is 0 Å². The van der Waals surface area contributed by atoms with Crippen molar-refractivity contribution in [1.82, 2.24) is 0 Å². The molecule has 7 heterocycles. The van der Waals surface area contributed by atoms with Crippen molar-refractivity contribution in [2.75, 3.05) is 62.3 Å². The quantitative estimate of drug-likeness (QED) is 0.317. The predicted octanol–water partition coefficient (Wildman–Crippen LogP) is 5.48. The summed E-state index contributed by atoms with van der Waals surface area (Å²) in [7, 11) is 0. The molecule has 50 heavy (non-hydrogen) atoms. The maximum Gasteiger partial charge on any atom is 0.103 e. The molecule has 0 amide bonds. The Morgan fingerprint density at radius 3 is 1.54 bits per heavy atom. The molecule has 256 valence electrons. The van der Waals surface area contributed by atoms with Gasteiger partial charge in [-0.15, -0.1) is 0 Å². The van der Waals surface area contributed by atoms with E-state index < -0.39 is 0 Å². The van der Waals surface area contributed by atoms with Gasteiger partial charge in [0.15, 0.2) is 0 Å². The van der Waals surface area contributed by atoms with Gasteiger partial charge in [0.1, 0.15) is 25.2 Å². The van der Waals surface area contributed by atoms with Gasteiger partial charge in [-0.1, -0.05) is 61.7 Å². The molecule has 6 heteroatoms. The van der Waals surface area contributed by atoms with Crippen LogP contribution in [0, 0.1) is 11.8 Å². The smallest absolute Gasteiger partial charge is 0.103 e. The number of piperidine rings is 2. The molecule has 4 saturated heterocycles. The molecule has 2 unspecified atom stereocenters. The molecule has 2 aromatic carbocycles. The summed E-state index contributed by atoms with van der Waals surface area (Å²) in [6.45, 7) is 15.0. The number of para-hydroxylation sites is 2. The summed E-state index contributed by atoms with van der Waals surface area (Å²) in [5.74, 6) is 0.615. The second kappa shape index (κ2) is 10.0. The lowest BCUT2D eigenvalue weighted by Gasteiger charge is -2.59. The predicted molar refractivity (Wildman–Crippen MR) is 198 cm³/mol. The second-order valence-corrected chi connectivity index (χ2v) is 17.2. The van der Waals surface area contributed by atoms with Crippen LogP contribution in [0.1, 0.15) is 36.8 Å². The molecule has 2 aliphatic carbocycles. The van der Waals surface area contributed by atoms with Gasteiger partial charge in [-0.3, -0.25) is 0 Å². The van der Waals surface area contributed by atoms with E-state index in [0.29, 0.717) is 23.9 Å². The zero-order chi connectivity index (χ0) is 33.6. The van der Waals surface area contributed by atoms with Gasteiger partial charge in [0.05, 0.1) is 62.3 Å². The zero-order valence-corrected chi connectivity index (χ0v) is 29.1. The molecular weight excluding hydrogens is 617 g/mol. The van der Waals surface area contributed by atoms with Crippen LogP contribution in [0.4, 0.5) is 11.4 Å². The Morgan fingerprint density at radius 2 is 1.12 bits per heavy atom. The minimum absolute atomic E-state index is 0.0183. The first-order valence-electron chi connectivity index (χ1n) is 19.2. The van der Waals surface area contributed by atoms with Gasteiger partial charge >= 0.3 is 0 Å². The fourth-order valence-corrected chi connectivity index (χ4v) is 14.6. The third-order valence-electron chi connectivity index (χ3n) is 15.9. The lowest BCUT2D eigenvalue weighted by molar-refractivity contribution is -0.937. The number of benzene rings is 2. The first-order chi connectivity index (χ1) is 24.5. The van der Waals surface area contributed by atoms with Crippen LogP contribution in [0.15, 0.2) is 121 Å². The molecule has 2 spiro atoms. The first kappa shape index (κ1) is 30.0. The van der Waals surface area contributed by atoms with Crippen molar-refractivity contribution in [3.05, 3.63) is 132 Å². The average molecular weight is 667 g/mol. The highest BCUT2D eigenvalue weighted by molar-refractivity contribution is 5.77.